The van der Waals surface area contributed by atoms with E-state index in [4.69, 9.17) is 9.15 Å². The van der Waals surface area contributed by atoms with Crippen molar-refractivity contribution in [1.29, 1.82) is 0 Å². The molecular weight excluding hydrogens is 373 g/mol. The molecule has 1 saturated carbocycles. The highest BCUT2D eigenvalue weighted by atomic mass is 19.1. The lowest BCUT2D eigenvalue weighted by molar-refractivity contribution is -0.118. The van der Waals surface area contributed by atoms with Crippen LogP contribution >= 0.6 is 0 Å². The van der Waals surface area contributed by atoms with Gasteiger partial charge in [-0.1, -0.05) is 12.5 Å². The van der Waals surface area contributed by atoms with Gasteiger partial charge in [0.1, 0.15) is 17.1 Å². The zero-order valence-corrected chi connectivity index (χ0v) is 16.0. The largest absolute Gasteiger partial charge is 0.497 e. The van der Waals surface area contributed by atoms with E-state index in [2.05, 4.69) is 0 Å². The van der Waals surface area contributed by atoms with Crippen molar-refractivity contribution in [1.82, 2.24) is 0 Å². The highest BCUT2D eigenvalue weighted by Crippen LogP contribution is 2.53. The third kappa shape index (κ3) is 2.74. The lowest BCUT2D eigenvalue weighted by atomic mass is 9.65. The Labute approximate surface area is 166 Å². The maximum absolute atomic E-state index is 14.6. The summed E-state index contributed by atoms with van der Waals surface area (Å²) in [4.78, 5) is 26.9. The van der Waals surface area contributed by atoms with Crippen molar-refractivity contribution in [3.63, 3.8) is 0 Å². The topological polar surface area (TPSA) is 59.8 Å². The van der Waals surface area contributed by atoms with Gasteiger partial charge in [-0.2, -0.15) is 0 Å². The molecule has 2 aliphatic rings. The van der Waals surface area contributed by atoms with Gasteiger partial charge in [0.25, 0.3) is 0 Å². The molecule has 29 heavy (non-hydrogen) atoms. The number of hydrogen-bond donors (Lipinski definition) is 0. The van der Waals surface area contributed by atoms with Gasteiger partial charge in [0, 0.05) is 35.0 Å². The Balaban J connectivity index is 1.52. The first-order chi connectivity index (χ1) is 14.0. The number of hydrogen-bond acceptors (Lipinski definition) is 4. The average Bonchev–Trinajstić information content (AvgIpc) is 3.05. The van der Waals surface area contributed by atoms with Gasteiger partial charge < -0.3 is 14.1 Å². The summed E-state index contributed by atoms with van der Waals surface area (Å²) in [6.07, 6.45) is 2.87. The van der Waals surface area contributed by atoms with Crippen LogP contribution in [0.25, 0.3) is 11.0 Å². The quantitative estimate of drug-likeness (QED) is 0.632. The van der Waals surface area contributed by atoms with Crippen LogP contribution < -0.4 is 15.3 Å². The lowest BCUT2D eigenvalue weighted by Crippen LogP contribution is -2.42. The number of ether oxygens (including phenoxy) is 1. The molecule has 0 atom stereocenters. The number of carbonyl (C=O) groups is 1. The van der Waals surface area contributed by atoms with Crippen LogP contribution in [0, 0.1) is 5.82 Å². The molecule has 3 aromatic rings. The number of carbonyl (C=O) groups excluding carboxylic acids is 1. The predicted molar refractivity (Wildman–Crippen MR) is 107 cm³/mol. The van der Waals surface area contributed by atoms with Gasteiger partial charge in [-0.3, -0.25) is 4.79 Å². The summed E-state index contributed by atoms with van der Waals surface area (Å²) < 4.78 is 25.1. The second-order valence-corrected chi connectivity index (χ2v) is 7.88. The summed E-state index contributed by atoms with van der Waals surface area (Å²) in [6.45, 7) is 0.495. The number of rotatable bonds is 3. The van der Waals surface area contributed by atoms with Crippen molar-refractivity contribution in [2.75, 3.05) is 18.6 Å². The molecule has 1 fully saturated rings. The first-order valence-electron chi connectivity index (χ1n) is 9.71. The second kappa shape index (κ2) is 6.44. The van der Waals surface area contributed by atoms with E-state index in [1.165, 1.54) is 19.2 Å². The number of nitrogens with zero attached hydrogens (tertiary/aromatic N) is 1. The van der Waals surface area contributed by atoms with Gasteiger partial charge in [-0.05, 0) is 42.7 Å². The van der Waals surface area contributed by atoms with Gasteiger partial charge in [0.15, 0.2) is 0 Å². The van der Waals surface area contributed by atoms with Gasteiger partial charge in [-0.25, -0.2) is 9.18 Å². The van der Waals surface area contributed by atoms with Crippen molar-refractivity contribution in [2.45, 2.75) is 31.1 Å². The van der Waals surface area contributed by atoms with E-state index in [9.17, 15) is 14.0 Å². The standard InChI is InChI=1S/C23H20FNO4/c1-28-15-6-7-16-14(11-21(27)29-19(16)12-15)10-20(26)25-13-23(8-3-9-23)22-17(24)4-2-5-18(22)25/h2,4-7,11-12H,3,8-10,13H2,1H3. The predicted octanol–water partition coefficient (Wildman–Crippen LogP) is 3.95. The van der Waals surface area contributed by atoms with Crippen LogP contribution in [0.15, 0.2) is 51.7 Å². The van der Waals surface area contributed by atoms with E-state index in [1.807, 2.05) is 6.07 Å². The van der Waals surface area contributed by atoms with E-state index in [0.717, 1.165) is 19.3 Å². The van der Waals surface area contributed by atoms with Crippen LogP contribution in [0.2, 0.25) is 0 Å². The minimum atomic E-state index is -0.517. The van der Waals surface area contributed by atoms with Gasteiger partial charge in [0.2, 0.25) is 5.91 Å². The number of fused-ring (bicyclic) bond motifs is 3. The van der Waals surface area contributed by atoms with Crippen molar-refractivity contribution in [3.8, 4) is 5.75 Å². The Bertz CT molecular complexity index is 1200. The molecule has 0 radical (unpaired) electrons. The van der Waals surface area contributed by atoms with Gasteiger partial charge >= 0.3 is 5.63 Å². The molecule has 1 aliphatic carbocycles. The smallest absolute Gasteiger partial charge is 0.336 e. The molecule has 1 aliphatic heterocycles. The Morgan fingerprint density at radius 3 is 2.79 bits per heavy atom. The second-order valence-electron chi connectivity index (χ2n) is 7.88. The molecule has 0 bridgehead atoms. The van der Waals surface area contributed by atoms with Crippen LogP contribution in [0.4, 0.5) is 10.1 Å². The first kappa shape index (κ1) is 17.9. The molecule has 0 N–H and O–H groups in total. The molecule has 1 aromatic heterocycles. The molecule has 1 amide bonds. The van der Waals surface area contributed by atoms with Crippen molar-refractivity contribution in [2.24, 2.45) is 0 Å². The minimum Gasteiger partial charge on any atom is -0.497 e. The van der Waals surface area contributed by atoms with Crippen molar-refractivity contribution >= 4 is 22.6 Å². The Morgan fingerprint density at radius 1 is 1.24 bits per heavy atom. The normalized spacial score (nSPS) is 16.7. The molecule has 148 valence electrons. The van der Waals surface area contributed by atoms with E-state index in [0.29, 0.717) is 40.1 Å². The summed E-state index contributed by atoms with van der Waals surface area (Å²) in [5, 5.41) is 0.691. The van der Waals surface area contributed by atoms with Crippen LogP contribution in [0.3, 0.4) is 0 Å². The summed E-state index contributed by atoms with van der Waals surface area (Å²) >= 11 is 0. The van der Waals surface area contributed by atoms with E-state index < -0.39 is 5.63 Å². The molecule has 2 heterocycles. The molecule has 6 heteroatoms. The maximum Gasteiger partial charge on any atom is 0.336 e. The summed E-state index contributed by atoms with van der Waals surface area (Å²) in [5.41, 5.74) is 1.52. The van der Waals surface area contributed by atoms with Crippen LogP contribution in [-0.2, 0) is 16.6 Å². The zero-order valence-electron chi connectivity index (χ0n) is 16.0. The number of anilines is 1. The summed E-state index contributed by atoms with van der Waals surface area (Å²) in [6, 6.07) is 11.5. The summed E-state index contributed by atoms with van der Waals surface area (Å²) in [7, 11) is 1.53. The maximum atomic E-state index is 14.6. The van der Waals surface area contributed by atoms with E-state index >= 15 is 0 Å². The van der Waals surface area contributed by atoms with E-state index in [1.54, 1.807) is 29.2 Å². The third-order valence-corrected chi connectivity index (χ3v) is 6.26. The Morgan fingerprint density at radius 2 is 2.07 bits per heavy atom. The van der Waals surface area contributed by atoms with Crippen LogP contribution in [0.1, 0.15) is 30.4 Å². The molecule has 0 unspecified atom stereocenters. The number of halogens is 1. The van der Waals surface area contributed by atoms with Crippen LogP contribution in [0.5, 0.6) is 5.75 Å². The Hall–Kier alpha value is -3.15. The number of methoxy groups -OCH3 is 1. The fraction of sp³-hybridized carbons (Fsp3) is 0.304. The number of benzene rings is 2. The fourth-order valence-electron chi connectivity index (χ4n) is 4.71. The van der Waals surface area contributed by atoms with E-state index in [-0.39, 0.29) is 23.6 Å². The van der Waals surface area contributed by atoms with Crippen molar-refractivity contribution in [3.05, 3.63) is 69.8 Å². The van der Waals surface area contributed by atoms with Crippen molar-refractivity contribution < 1.29 is 18.3 Å². The molecule has 5 nitrogen and oxygen atoms in total. The molecular formula is C23H20FNO4. The molecule has 5 rings (SSSR count). The lowest BCUT2D eigenvalue weighted by Gasteiger charge is -2.39. The monoisotopic (exact) mass is 393 g/mol. The first-order valence-corrected chi connectivity index (χ1v) is 9.71. The highest BCUT2D eigenvalue weighted by molar-refractivity contribution is 5.99. The third-order valence-electron chi connectivity index (χ3n) is 6.26. The fourth-order valence-corrected chi connectivity index (χ4v) is 4.71. The Kier molecular flexibility index (Phi) is 3.98. The zero-order chi connectivity index (χ0) is 20.2. The number of amides is 1. The summed E-state index contributed by atoms with van der Waals surface area (Å²) in [5.74, 6) is 0.179. The molecule has 2 aromatic carbocycles. The van der Waals surface area contributed by atoms with Gasteiger partial charge in [-0.15, -0.1) is 0 Å². The average molecular weight is 393 g/mol. The highest BCUT2D eigenvalue weighted by Gasteiger charge is 2.50. The van der Waals surface area contributed by atoms with Gasteiger partial charge in [0.05, 0.1) is 19.2 Å². The SMILES string of the molecule is COc1ccc2c(CC(=O)N3CC4(CCC4)c4c(F)cccc43)cc(=O)oc2c1. The molecule has 1 spiro atoms. The van der Waals surface area contributed by atoms with Crippen LogP contribution in [-0.4, -0.2) is 19.6 Å². The minimum absolute atomic E-state index is 0.0421. The molecule has 0 saturated heterocycles.